The van der Waals surface area contributed by atoms with Crippen molar-refractivity contribution < 1.29 is 9.53 Å². The van der Waals surface area contributed by atoms with Gasteiger partial charge in [0.2, 0.25) is 0 Å². The van der Waals surface area contributed by atoms with E-state index in [9.17, 15) is 4.79 Å². The highest BCUT2D eigenvalue weighted by molar-refractivity contribution is 5.91. The zero-order chi connectivity index (χ0) is 20.4. The van der Waals surface area contributed by atoms with Gasteiger partial charge in [-0.2, -0.15) is 5.10 Å². The highest BCUT2D eigenvalue weighted by Gasteiger charge is 2.20. The van der Waals surface area contributed by atoms with Crippen LogP contribution in [0.1, 0.15) is 40.3 Å². The first-order chi connectivity index (χ1) is 14.0. The molecule has 1 aliphatic heterocycles. The molecule has 0 aliphatic carbocycles. The number of nitrogens with zero attached hydrogens (tertiary/aromatic N) is 6. The van der Waals surface area contributed by atoms with Crippen molar-refractivity contribution in [2.45, 2.75) is 45.9 Å². The average Bonchev–Trinajstić information content (AvgIpc) is 3.44. The molecule has 1 fully saturated rings. The van der Waals surface area contributed by atoms with Crippen LogP contribution in [0.4, 0.5) is 0 Å². The maximum absolute atomic E-state index is 12.8. The summed E-state index contributed by atoms with van der Waals surface area (Å²) in [7, 11) is 1.78. The standard InChI is InChI=1S/C21H26N6O2/c1-15-10-16(2)27(23-15)18-7-4-6-17(11-18)12-25(3)21(28)20-14-26(24-22-20)13-19-8-5-9-29-19/h4,6-7,10-11,14,19H,5,8-9,12-13H2,1-3H3/t19-/m0/s1. The van der Waals surface area contributed by atoms with Crippen LogP contribution < -0.4 is 0 Å². The lowest BCUT2D eigenvalue weighted by atomic mass is 10.2. The van der Waals surface area contributed by atoms with E-state index in [4.69, 9.17) is 4.74 Å². The van der Waals surface area contributed by atoms with Crippen molar-refractivity contribution in [1.82, 2.24) is 29.7 Å². The van der Waals surface area contributed by atoms with Crippen molar-refractivity contribution in [1.29, 1.82) is 0 Å². The molecule has 0 unspecified atom stereocenters. The first-order valence-corrected chi connectivity index (χ1v) is 9.89. The fourth-order valence-corrected chi connectivity index (χ4v) is 3.70. The third-order valence-corrected chi connectivity index (χ3v) is 5.10. The number of carbonyl (C=O) groups is 1. The molecule has 1 amide bonds. The minimum atomic E-state index is -0.153. The number of hydrogen-bond acceptors (Lipinski definition) is 5. The topological polar surface area (TPSA) is 78.1 Å². The second-order valence-electron chi connectivity index (χ2n) is 7.63. The van der Waals surface area contributed by atoms with Crippen LogP contribution in [0.2, 0.25) is 0 Å². The Hall–Kier alpha value is -3.00. The molecule has 1 aromatic carbocycles. The molecule has 0 saturated carbocycles. The maximum Gasteiger partial charge on any atom is 0.276 e. The highest BCUT2D eigenvalue weighted by atomic mass is 16.5. The minimum Gasteiger partial charge on any atom is -0.376 e. The van der Waals surface area contributed by atoms with Crippen LogP contribution in [0.25, 0.3) is 5.69 Å². The molecule has 3 heterocycles. The Labute approximate surface area is 170 Å². The Bertz CT molecular complexity index is 1000. The zero-order valence-electron chi connectivity index (χ0n) is 17.1. The van der Waals surface area contributed by atoms with Gasteiger partial charge in [-0.15, -0.1) is 5.10 Å². The Morgan fingerprint density at radius 2 is 2.17 bits per heavy atom. The smallest absolute Gasteiger partial charge is 0.276 e. The molecule has 152 valence electrons. The fourth-order valence-electron chi connectivity index (χ4n) is 3.70. The molecule has 0 spiro atoms. The quantitative estimate of drug-likeness (QED) is 0.642. The predicted molar refractivity (Wildman–Crippen MR) is 108 cm³/mol. The van der Waals surface area contributed by atoms with Gasteiger partial charge in [0.25, 0.3) is 5.91 Å². The van der Waals surface area contributed by atoms with Crippen LogP contribution in [0.5, 0.6) is 0 Å². The Morgan fingerprint density at radius 3 is 2.90 bits per heavy atom. The van der Waals surface area contributed by atoms with Crippen LogP contribution in [0.3, 0.4) is 0 Å². The van der Waals surface area contributed by atoms with E-state index in [0.29, 0.717) is 18.8 Å². The van der Waals surface area contributed by atoms with E-state index >= 15 is 0 Å². The van der Waals surface area contributed by atoms with Crippen LogP contribution >= 0.6 is 0 Å². The normalized spacial score (nSPS) is 16.3. The van der Waals surface area contributed by atoms with Crippen molar-refractivity contribution in [2.75, 3.05) is 13.7 Å². The summed E-state index contributed by atoms with van der Waals surface area (Å²) >= 11 is 0. The van der Waals surface area contributed by atoms with E-state index in [1.54, 1.807) is 22.8 Å². The second kappa shape index (κ2) is 8.16. The summed E-state index contributed by atoms with van der Waals surface area (Å²) in [6.07, 6.45) is 3.96. The van der Waals surface area contributed by atoms with Gasteiger partial charge >= 0.3 is 0 Å². The van der Waals surface area contributed by atoms with Gasteiger partial charge in [-0.25, -0.2) is 9.36 Å². The van der Waals surface area contributed by atoms with Gasteiger partial charge in [0, 0.05) is 25.9 Å². The van der Waals surface area contributed by atoms with Crippen molar-refractivity contribution in [2.24, 2.45) is 0 Å². The first kappa shape index (κ1) is 19.3. The Balaban J connectivity index is 1.43. The third kappa shape index (κ3) is 4.37. The van der Waals surface area contributed by atoms with E-state index in [1.165, 1.54) is 0 Å². The van der Waals surface area contributed by atoms with Gasteiger partial charge in [0.1, 0.15) is 0 Å². The summed E-state index contributed by atoms with van der Waals surface area (Å²) in [5.74, 6) is -0.153. The number of carbonyl (C=O) groups excluding carboxylic acids is 1. The monoisotopic (exact) mass is 394 g/mol. The van der Waals surface area contributed by atoms with Crippen LogP contribution in [-0.4, -0.2) is 55.3 Å². The van der Waals surface area contributed by atoms with Gasteiger partial charge in [0.15, 0.2) is 5.69 Å². The molecule has 8 nitrogen and oxygen atoms in total. The summed E-state index contributed by atoms with van der Waals surface area (Å²) in [6, 6.07) is 10.1. The lowest BCUT2D eigenvalue weighted by Gasteiger charge is -2.16. The fraction of sp³-hybridized carbons (Fsp3) is 0.429. The Morgan fingerprint density at radius 1 is 1.31 bits per heavy atom. The largest absolute Gasteiger partial charge is 0.376 e. The van der Waals surface area contributed by atoms with E-state index < -0.39 is 0 Å². The first-order valence-electron chi connectivity index (χ1n) is 9.89. The second-order valence-corrected chi connectivity index (χ2v) is 7.63. The maximum atomic E-state index is 12.8. The Kier molecular flexibility index (Phi) is 5.44. The van der Waals surface area contributed by atoms with E-state index in [1.807, 2.05) is 42.8 Å². The van der Waals surface area contributed by atoms with Gasteiger partial charge in [-0.05, 0) is 50.5 Å². The number of ether oxygens (including phenoxy) is 1. The molecular formula is C21H26N6O2. The molecule has 1 aliphatic rings. The lowest BCUT2D eigenvalue weighted by molar-refractivity contribution is 0.0778. The van der Waals surface area contributed by atoms with Crippen LogP contribution in [0.15, 0.2) is 36.5 Å². The van der Waals surface area contributed by atoms with Crippen LogP contribution in [-0.2, 0) is 17.8 Å². The van der Waals surface area contributed by atoms with Gasteiger partial charge in [-0.1, -0.05) is 17.3 Å². The summed E-state index contributed by atoms with van der Waals surface area (Å²) < 4.78 is 9.23. The number of rotatable bonds is 6. The molecule has 4 rings (SSSR count). The molecule has 8 heteroatoms. The number of benzene rings is 1. The number of aryl methyl sites for hydroxylation is 2. The third-order valence-electron chi connectivity index (χ3n) is 5.10. The van der Waals surface area contributed by atoms with Crippen molar-refractivity contribution in [3.63, 3.8) is 0 Å². The van der Waals surface area contributed by atoms with Gasteiger partial charge in [0.05, 0.1) is 30.2 Å². The van der Waals surface area contributed by atoms with Crippen LogP contribution in [0, 0.1) is 13.8 Å². The highest BCUT2D eigenvalue weighted by Crippen LogP contribution is 2.16. The van der Waals surface area contributed by atoms with E-state index in [-0.39, 0.29) is 12.0 Å². The molecule has 0 N–H and O–H groups in total. The van der Waals surface area contributed by atoms with E-state index in [0.717, 1.165) is 42.1 Å². The van der Waals surface area contributed by atoms with Crippen molar-refractivity contribution in [3.05, 3.63) is 59.2 Å². The van der Waals surface area contributed by atoms with Gasteiger partial charge < -0.3 is 9.64 Å². The van der Waals surface area contributed by atoms with Gasteiger partial charge in [-0.3, -0.25) is 4.79 Å². The minimum absolute atomic E-state index is 0.153. The molecule has 1 atom stereocenters. The molecule has 2 aromatic heterocycles. The summed E-state index contributed by atoms with van der Waals surface area (Å²) in [6.45, 7) is 5.91. The number of amides is 1. The SMILES string of the molecule is Cc1cc(C)n(-c2cccc(CN(C)C(=O)c3cn(C[C@@H]4CCCO4)nn3)c2)n1. The predicted octanol–water partition coefficient (Wildman–Crippen LogP) is 2.53. The van der Waals surface area contributed by atoms with Crippen molar-refractivity contribution >= 4 is 5.91 Å². The molecule has 0 bridgehead atoms. The zero-order valence-corrected chi connectivity index (χ0v) is 17.1. The summed E-state index contributed by atoms with van der Waals surface area (Å²) in [5, 5.41) is 12.7. The molecule has 29 heavy (non-hydrogen) atoms. The molecule has 1 saturated heterocycles. The summed E-state index contributed by atoms with van der Waals surface area (Å²) in [5.41, 5.74) is 4.41. The molecule has 0 radical (unpaired) electrons. The average molecular weight is 394 g/mol. The van der Waals surface area contributed by atoms with E-state index in [2.05, 4.69) is 21.5 Å². The molecular weight excluding hydrogens is 368 g/mol. The molecule has 3 aromatic rings. The summed E-state index contributed by atoms with van der Waals surface area (Å²) in [4.78, 5) is 14.4. The number of aromatic nitrogens is 5. The lowest BCUT2D eigenvalue weighted by Crippen LogP contribution is -2.26. The van der Waals surface area contributed by atoms with Crippen molar-refractivity contribution in [3.8, 4) is 5.69 Å². The number of hydrogen-bond donors (Lipinski definition) is 0.